The number of piperazine rings is 1. The monoisotopic (exact) mass is 408 g/mol. The van der Waals surface area contributed by atoms with Gasteiger partial charge in [-0.1, -0.05) is 44.5 Å². The van der Waals surface area contributed by atoms with Crippen LogP contribution < -0.4 is 0 Å². The number of β-amino-alcohol motifs (C(OH)–C–C–N with tert-alkyl or cyclic N) is 1. The van der Waals surface area contributed by atoms with E-state index < -0.39 is 6.10 Å². The van der Waals surface area contributed by atoms with E-state index in [1.54, 1.807) is 0 Å². The molecule has 0 unspecified atom stereocenters. The highest BCUT2D eigenvalue weighted by molar-refractivity contribution is 6.30. The second-order valence-electron chi connectivity index (χ2n) is 9.73. The number of nitrogens with zero attached hydrogens (tertiary/aromatic N) is 2. The maximum Gasteiger partial charge on any atom is 0.0900 e. The fraction of sp³-hybridized carbons (Fsp3) is 0.739. The summed E-state index contributed by atoms with van der Waals surface area (Å²) in [4.78, 5) is 4.83. The summed E-state index contributed by atoms with van der Waals surface area (Å²) in [7, 11) is 0. The number of halogens is 1. The van der Waals surface area contributed by atoms with Crippen LogP contribution in [0.5, 0.6) is 0 Å². The Hall–Kier alpha value is -0.650. The Kier molecular flexibility index (Phi) is 7.80. The predicted molar refractivity (Wildman–Crippen MR) is 116 cm³/mol. The molecule has 2 aliphatic rings. The maximum atomic E-state index is 10.5. The molecule has 0 amide bonds. The van der Waals surface area contributed by atoms with Gasteiger partial charge in [0, 0.05) is 44.3 Å². The molecule has 0 radical (unpaired) electrons. The van der Waals surface area contributed by atoms with Crippen molar-refractivity contribution in [2.75, 3.05) is 39.3 Å². The van der Waals surface area contributed by atoms with Crippen LogP contribution in [-0.4, -0.2) is 66.4 Å². The molecule has 158 valence electrons. The minimum absolute atomic E-state index is 0.296. The molecule has 1 aliphatic carbocycles. The molecule has 1 saturated heterocycles. The quantitative estimate of drug-likeness (QED) is 0.738. The van der Waals surface area contributed by atoms with Crippen LogP contribution in [0.3, 0.4) is 0 Å². The third kappa shape index (κ3) is 7.00. The van der Waals surface area contributed by atoms with Gasteiger partial charge in [-0.2, -0.15) is 0 Å². The number of hydrogen-bond donors (Lipinski definition) is 1. The SMILES string of the molecule is C[C@@H]1C[C@H](OC[C@@H](O)CN2CCN(Cc3ccc(Cl)cc3)CC2)CC(C)(C)C1. The Morgan fingerprint density at radius 3 is 2.39 bits per heavy atom. The van der Waals surface area contributed by atoms with Crippen molar-refractivity contribution >= 4 is 11.6 Å². The van der Waals surface area contributed by atoms with Gasteiger partial charge in [0.15, 0.2) is 0 Å². The minimum Gasteiger partial charge on any atom is -0.389 e. The first-order valence-corrected chi connectivity index (χ1v) is 11.2. The summed E-state index contributed by atoms with van der Waals surface area (Å²) in [6.45, 7) is 13.2. The van der Waals surface area contributed by atoms with E-state index in [4.69, 9.17) is 16.3 Å². The van der Waals surface area contributed by atoms with E-state index in [-0.39, 0.29) is 0 Å². The van der Waals surface area contributed by atoms with Gasteiger partial charge in [-0.15, -0.1) is 0 Å². The molecule has 28 heavy (non-hydrogen) atoms. The van der Waals surface area contributed by atoms with Crippen molar-refractivity contribution in [3.63, 3.8) is 0 Å². The number of aliphatic hydroxyl groups excluding tert-OH is 1. The predicted octanol–water partition coefficient (Wildman–Crippen LogP) is 4.05. The first-order valence-electron chi connectivity index (χ1n) is 10.8. The second-order valence-corrected chi connectivity index (χ2v) is 10.2. The van der Waals surface area contributed by atoms with Crippen LogP contribution in [-0.2, 0) is 11.3 Å². The molecule has 1 heterocycles. The Morgan fingerprint density at radius 2 is 1.75 bits per heavy atom. The summed E-state index contributed by atoms with van der Waals surface area (Å²) in [6.07, 6.45) is 3.40. The summed E-state index contributed by atoms with van der Waals surface area (Å²) in [5.74, 6) is 0.708. The summed E-state index contributed by atoms with van der Waals surface area (Å²) in [6, 6.07) is 8.11. The average molecular weight is 409 g/mol. The van der Waals surface area contributed by atoms with E-state index in [0.29, 0.717) is 30.6 Å². The van der Waals surface area contributed by atoms with E-state index in [2.05, 4.69) is 42.7 Å². The van der Waals surface area contributed by atoms with Crippen molar-refractivity contribution in [1.82, 2.24) is 9.80 Å². The zero-order chi connectivity index (χ0) is 20.1. The summed E-state index contributed by atoms with van der Waals surface area (Å²) < 4.78 is 6.10. The smallest absolute Gasteiger partial charge is 0.0900 e. The van der Waals surface area contributed by atoms with Crippen molar-refractivity contribution < 1.29 is 9.84 Å². The van der Waals surface area contributed by atoms with Gasteiger partial charge in [0.2, 0.25) is 0 Å². The van der Waals surface area contributed by atoms with E-state index in [0.717, 1.165) is 50.6 Å². The molecule has 1 N–H and O–H groups in total. The molecule has 1 aromatic rings. The second kappa shape index (κ2) is 9.90. The van der Waals surface area contributed by atoms with Crippen molar-refractivity contribution in [2.24, 2.45) is 11.3 Å². The molecule has 2 fully saturated rings. The van der Waals surface area contributed by atoms with E-state index in [1.165, 1.54) is 12.0 Å². The number of hydrogen-bond acceptors (Lipinski definition) is 4. The van der Waals surface area contributed by atoms with E-state index in [9.17, 15) is 5.11 Å². The summed E-state index contributed by atoms with van der Waals surface area (Å²) in [5, 5.41) is 11.3. The lowest BCUT2D eigenvalue weighted by molar-refractivity contribution is -0.0634. The zero-order valence-electron chi connectivity index (χ0n) is 17.7. The van der Waals surface area contributed by atoms with E-state index in [1.807, 2.05) is 12.1 Å². The van der Waals surface area contributed by atoms with Gasteiger partial charge >= 0.3 is 0 Å². The fourth-order valence-corrected chi connectivity index (χ4v) is 5.09. The van der Waals surface area contributed by atoms with Crippen LogP contribution in [0.2, 0.25) is 5.02 Å². The molecule has 1 aliphatic heterocycles. The topological polar surface area (TPSA) is 35.9 Å². The first-order chi connectivity index (χ1) is 13.3. The number of benzene rings is 1. The fourth-order valence-electron chi connectivity index (χ4n) is 4.96. The van der Waals surface area contributed by atoms with Crippen molar-refractivity contribution in [3.8, 4) is 0 Å². The first kappa shape index (κ1) is 22.0. The molecule has 3 atom stereocenters. The van der Waals surface area contributed by atoms with Crippen LogP contribution in [0.1, 0.15) is 45.6 Å². The molecule has 0 spiro atoms. The van der Waals surface area contributed by atoms with Crippen LogP contribution in [0, 0.1) is 11.3 Å². The van der Waals surface area contributed by atoms with E-state index >= 15 is 0 Å². The highest BCUT2D eigenvalue weighted by Gasteiger charge is 2.32. The van der Waals surface area contributed by atoms with Crippen molar-refractivity contribution in [2.45, 2.75) is 58.8 Å². The molecule has 4 nitrogen and oxygen atoms in total. The molecular weight excluding hydrogens is 372 g/mol. The summed E-state index contributed by atoms with van der Waals surface area (Å²) in [5.41, 5.74) is 1.66. The standard InChI is InChI=1S/C23H37ClN2O2/c1-18-12-22(14-23(2,3)13-18)28-17-21(27)16-26-10-8-25(9-11-26)15-19-4-6-20(24)7-5-19/h4-7,18,21-22,27H,8-17H2,1-3H3/t18-,21+,22+/m1/s1. The lowest BCUT2D eigenvalue weighted by Crippen LogP contribution is -2.48. The normalized spacial score (nSPS) is 27.6. The average Bonchev–Trinajstić information content (AvgIpc) is 2.62. The van der Waals surface area contributed by atoms with Gasteiger partial charge in [-0.05, 0) is 48.3 Å². The number of aliphatic hydroxyl groups is 1. The molecule has 5 heteroatoms. The maximum absolute atomic E-state index is 10.5. The van der Waals surface area contributed by atoms with Crippen LogP contribution in [0.4, 0.5) is 0 Å². The largest absolute Gasteiger partial charge is 0.389 e. The van der Waals surface area contributed by atoms with Crippen LogP contribution in [0.15, 0.2) is 24.3 Å². The van der Waals surface area contributed by atoms with Gasteiger partial charge in [0.05, 0.1) is 18.8 Å². The van der Waals surface area contributed by atoms with Crippen molar-refractivity contribution in [3.05, 3.63) is 34.9 Å². The molecular formula is C23H37ClN2O2. The highest BCUT2D eigenvalue weighted by atomic mass is 35.5. The Balaban J connectivity index is 1.34. The third-order valence-corrected chi connectivity index (χ3v) is 6.38. The molecule has 0 bridgehead atoms. The van der Waals surface area contributed by atoms with Crippen LogP contribution in [0.25, 0.3) is 0 Å². The van der Waals surface area contributed by atoms with Crippen LogP contribution >= 0.6 is 11.6 Å². The summed E-state index contributed by atoms with van der Waals surface area (Å²) >= 11 is 5.96. The lowest BCUT2D eigenvalue weighted by atomic mass is 9.71. The Labute approximate surface area is 175 Å². The van der Waals surface area contributed by atoms with Gasteiger partial charge in [0.25, 0.3) is 0 Å². The third-order valence-electron chi connectivity index (χ3n) is 6.12. The van der Waals surface area contributed by atoms with Crippen molar-refractivity contribution in [1.29, 1.82) is 0 Å². The Morgan fingerprint density at radius 1 is 1.11 bits per heavy atom. The molecule has 1 aromatic carbocycles. The van der Waals surface area contributed by atoms with Gasteiger partial charge in [0.1, 0.15) is 0 Å². The molecule has 1 saturated carbocycles. The lowest BCUT2D eigenvalue weighted by Gasteiger charge is -2.39. The van der Waals surface area contributed by atoms with Gasteiger partial charge in [-0.25, -0.2) is 0 Å². The Bertz CT molecular complexity index is 599. The molecule has 0 aromatic heterocycles. The number of ether oxygens (including phenoxy) is 1. The number of rotatable bonds is 7. The van der Waals surface area contributed by atoms with Gasteiger partial charge in [-0.3, -0.25) is 9.80 Å². The molecule has 3 rings (SSSR count). The highest BCUT2D eigenvalue weighted by Crippen LogP contribution is 2.39. The zero-order valence-corrected chi connectivity index (χ0v) is 18.5. The van der Waals surface area contributed by atoms with Gasteiger partial charge < -0.3 is 9.84 Å². The minimum atomic E-state index is -0.400.